The van der Waals surface area contributed by atoms with Crippen LogP contribution >= 0.6 is 0 Å². The first kappa shape index (κ1) is 24.0. The Labute approximate surface area is 209 Å². The Morgan fingerprint density at radius 1 is 1.14 bits per heavy atom. The van der Waals surface area contributed by atoms with Crippen molar-refractivity contribution in [2.45, 2.75) is 71.0 Å². The van der Waals surface area contributed by atoms with Crippen LogP contribution in [0.3, 0.4) is 0 Å². The maximum Gasteiger partial charge on any atom is 0.278 e. The van der Waals surface area contributed by atoms with Crippen molar-refractivity contribution in [1.29, 1.82) is 0 Å². The quantitative estimate of drug-likeness (QED) is 0.540. The van der Waals surface area contributed by atoms with Crippen molar-refractivity contribution in [3.63, 3.8) is 0 Å². The number of benzene rings is 2. The lowest BCUT2D eigenvalue weighted by molar-refractivity contribution is -0.127. The van der Waals surface area contributed by atoms with E-state index in [9.17, 15) is 18.8 Å². The van der Waals surface area contributed by atoms with E-state index in [1.165, 1.54) is 19.1 Å². The van der Waals surface area contributed by atoms with Crippen LogP contribution in [0.15, 0.2) is 42.5 Å². The maximum atomic E-state index is 14.4. The molecule has 2 N–H and O–H groups in total. The van der Waals surface area contributed by atoms with Gasteiger partial charge in [-0.2, -0.15) is 0 Å². The van der Waals surface area contributed by atoms with Gasteiger partial charge in [-0.1, -0.05) is 38.0 Å². The molecule has 0 bridgehead atoms. The summed E-state index contributed by atoms with van der Waals surface area (Å²) in [6.07, 6.45) is 4.66. The molecule has 1 aromatic heterocycles. The van der Waals surface area contributed by atoms with E-state index in [1.54, 1.807) is 22.5 Å². The summed E-state index contributed by atoms with van der Waals surface area (Å²) in [4.78, 5) is 42.0. The number of aromatic nitrogens is 1. The molecule has 0 spiro atoms. The third-order valence-corrected chi connectivity index (χ3v) is 7.48. The van der Waals surface area contributed by atoms with Crippen molar-refractivity contribution in [1.82, 2.24) is 9.88 Å². The summed E-state index contributed by atoms with van der Waals surface area (Å²) in [5, 5.41) is 6.38. The number of amides is 3. The molecule has 1 fully saturated rings. The molecule has 188 valence electrons. The van der Waals surface area contributed by atoms with Crippen LogP contribution < -0.4 is 15.5 Å². The molecule has 3 aromatic rings. The molecule has 2 aromatic carbocycles. The number of carbonyl (C=O) groups is 3. The number of fused-ring (bicyclic) bond motifs is 3. The molecule has 1 saturated carbocycles. The van der Waals surface area contributed by atoms with Gasteiger partial charge in [-0.3, -0.25) is 19.3 Å². The predicted molar refractivity (Wildman–Crippen MR) is 138 cm³/mol. The third-order valence-electron chi connectivity index (χ3n) is 7.48. The van der Waals surface area contributed by atoms with Crippen molar-refractivity contribution in [3.8, 4) is 0 Å². The number of carbonyl (C=O) groups excluding carboxylic acids is 3. The average Bonchev–Trinajstić information content (AvgIpc) is 3.45. The Balaban J connectivity index is 1.74. The second-order valence-corrected chi connectivity index (χ2v) is 10.0. The third kappa shape index (κ3) is 3.85. The van der Waals surface area contributed by atoms with E-state index >= 15 is 0 Å². The number of aryl methyl sites for hydroxylation is 1. The minimum Gasteiger partial charge on any atom is -0.351 e. The van der Waals surface area contributed by atoms with Gasteiger partial charge < -0.3 is 15.2 Å². The van der Waals surface area contributed by atoms with Gasteiger partial charge in [0.25, 0.3) is 5.91 Å². The number of rotatable bonds is 5. The fourth-order valence-corrected chi connectivity index (χ4v) is 5.71. The van der Waals surface area contributed by atoms with Crippen LogP contribution in [0.2, 0.25) is 0 Å². The number of nitrogens with zero attached hydrogens (tertiary/aromatic N) is 2. The molecule has 8 heteroatoms. The highest BCUT2D eigenvalue weighted by molar-refractivity contribution is 6.20. The Bertz CT molecular complexity index is 1370. The van der Waals surface area contributed by atoms with Crippen molar-refractivity contribution >= 4 is 40.0 Å². The number of anilines is 2. The summed E-state index contributed by atoms with van der Waals surface area (Å²) in [7, 11) is 0. The van der Waals surface area contributed by atoms with Gasteiger partial charge in [0.1, 0.15) is 17.1 Å². The SMILES string of the molecule is CCc1ccccc1N1C(=O)c2c(NC(C)=O)c3cc(F)ccc3n2CC1(C)C(=O)NC1CCCC1. The number of nitrogens with one attached hydrogen (secondary N) is 2. The second-order valence-electron chi connectivity index (χ2n) is 10.0. The molecule has 2 aliphatic rings. The first-order valence-electron chi connectivity index (χ1n) is 12.6. The summed E-state index contributed by atoms with van der Waals surface area (Å²) < 4.78 is 16.0. The topological polar surface area (TPSA) is 83.4 Å². The minimum atomic E-state index is -1.24. The Kier molecular flexibility index (Phi) is 6.06. The van der Waals surface area contributed by atoms with Crippen LogP contribution in [-0.4, -0.2) is 33.9 Å². The molecule has 1 atom stereocenters. The van der Waals surface area contributed by atoms with Gasteiger partial charge >= 0.3 is 0 Å². The molecule has 5 rings (SSSR count). The van der Waals surface area contributed by atoms with Gasteiger partial charge in [0.15, 0.2) is 0 Å². The molecule has 1 aliphatic heterocycles. The average molecular weight is 491 g/mol. The van der Waals surface area contributed by atoms with Gasteiger partial charge in [0.05, 0.1) is 17.7 Å². The molecule has 7 nitrogen and oxygen atoms in total. The predicted octanol–water partition coefficient (Wildman–Crippen LogP) is 4.78. The Morgan fingerprint density at radius 2 is 1.86 bits per heavy atom. The van der Waals surface area contributed by atoms with Crippen LogP contribution in [0.5, 0.6) is 0 Å². The van der Waals surface area contributed by atoms with Crippen molar-refractivity contribution in [3.05, 3.63) is 59.5 Å². The van der Waals surface area contributed by atoms with Crippen LogP contribution in [0.4, 0.5) is 15.8 Å². The highest BCUT2D eigenvalue weighted by atomic mass is 19.1. The summed E-state index contributed by atoms with van der Waals surface area (Å²) in [5.74, 6) is -1.47. The molecule has 1 unspecified atom stereocenters. The molecule has 2 heterocycles. The largest absolute Gasteiger partial charge is 0.351 e. The fraction of sp³-hybridized carbons (Fsp3) is 0.393. The molecule has 3 amide bonds. The van der Waals surface area contributed by atoms with Crippen LogP contribution in [-0.2, 0) is 22.6 Å². The van der Waals surface area contributed by atoms with Crippen LogP contribution in [0, 0.1) is 5.82 Å². The molecule has 1 aliphatic carbocycles. The zero-order chi connectivity index (χ0) is 25.6. The highest BCUT2D eigenvalue weighted by Gasteiger charge is 2.50. The molecule has 36 heavy (non-hydrogen) atoms. The zero-order valence-electron chi connectivity index (χ0n) is 20.9. The number of para-hydroxylation sites is 1. The number of hydrogen-bond donors (Lipinski definition) is 2. The van der Waals surface area contributed by atoms with Gasteiger partial charge in [-0.25, -0.2) is 4.39 Å². The van der Waals surface area contributed by atoms with Crippen molar-refractivity contribution in [2.24, 2.45) is 0 Å². The van der Waals surface area contributed by atoms with E-state index in [-0.39, 0.29) is 35.8 Å². The first-order chi connectivity index (χ1) is 17.2. The lowest BCUT2D eigenvalue weighted by Gasteiger charge is -2.45. The highest BCUT2D eigenvalue weighted by Crippen LogP contribution is 2.42. The van der Waals surface area contributed by atoms with Crippen molar-refractivity contribution < 1.29 is 18.8 Å². The molecule has 0 saturated heterocycles. The van der Waals surface area contributed by atoms with Gasteiger partial charge in [-0.05, 0) is 56.0 Å². The normalized spacial score (nSPS) is 20.0. The molecular formula is C28H31FN4O3. The summed E-state index contributed by atoms with van der Waals surface area (Å²) in [5.41, 5.74) is 1.44. The molecular weight excluding hydrogens is 459 g/mol. The summed E-state index contributed by atoms with van der Waals surface area (Å²) >= 11 is 0. The summed E-state index contributed by atoms with van der Waals surface area (Å²) in [6, 6.07) is 11.9. The second kappa shape index (κ2) is 9.08. The first-order valence-corrected chi connectivity index (χ1v) is 12.6. The van der Waals surface area contributed by atoms with Crippen LogP contribution in [0.25, 0.3) is 10.9 Å². The van der Waals surface area contributed by atoms with E-state index in [0.717, 1.165) is 31.2 Å². The number of hydrogen-bond acceptors (Lipinski definition) is 3. The lowest BCUT2D eigenvalue weighted by atomic mass is 9.91. The van der Waals surface area contributed by atoms with Gasteiger partial charge in [-0.15, -0.1) is 0 Å². The fourth-order valence-electron chi connectivity index (χ4n) is 5.71. The van der Waals surface area contributed by atoms with Gasteiger partial charge in [0, 0.05) is 24.0 Å². The zero-order valence-corrected chi connectivity index (χ0v) is 20.9. The van der Waals surface area contributed by atoms with E-state index in [2.05, 4.69) is 10.6 Å². The minimum absolute atomic E-state index is 0.0829. The Morgan fingerprint density at radius 3 is 2.56 bits per heavy atom. The monoisotopic (exact) mass is 490 g/mol. The molecule has 0 radical (unpaired) electrons. The summed E-state index contributed by atoms with van der Waals surface area (Å²) in [6.45, 7) is 5.31. The Hall–Kier alpha value is -3.68. The maximum absolute atomic E-state index is 14.4. The van der Waals surface area contributed by atoms with E-state index in [4.69, 9.17) is 0 Å². The lowest BCUT2D eigenvalue weighted by Crippen LogP contribution is -2.65. The number of halogens is 1. The van der Waals surface area contributed by atoms with E-state index < -0.39 is 17.3 Å². The van der Waals surface area contributed by atoms with Crippen LogP contribution in [0.1, 0.15) is 62.5 Å². The smallest absolute Gasteiger partial charge is 0.278 e. The van der Waals surface area contributed by atoms with Crippen molar-refractivity contribution in [2.75, 3.05) is 10.2 Å². The van der Waals surface area contributed by atoms with E-state index in [1.807, 2.05) is 31.2 Å². The van der Waals surface area contributed by atoms with E-state index in [0.29, 0.717) is 23.0 Å². The van der Waals surface area contributed by atoms with Gasteiger partial charge in [0.2, 0.25) is 11.8 Å². The standard InChI is InChI=1S/C28H31FN4O3/c1-4-18-9-5-8-12-22(18)33-26(35)25-24(30-17(2)34)21-15-19(29)13-14-23(21)32(25)16-28(33,3)27(36)31-20-10-6-7-11-20/h5,8-9,12-15,20H,4,6-7,10-11,16H2,1-3H3,(H,30,34)(H,31,36).